The molecule has 0 aliphatic heterocycles. The first-order chi connectivity index (χ1) is 22.0. The number of hydrogen-bond donors (Lipinski definition) is 1. The van der Waals surface area contributed by atoms with Gasteiger partial charge in [-0.3, -0.25) is 29.5 Å². The summed E-state index contributed by atoms with van der Waals surface area (Å²) in [4.78, 5) is 50.5. The van der Waals surface area contributed by atoms with E-state index in [1.807, 2.05) is 30.3 Å². The molecule has 9 heteroatoms. The lowest BCUT2D eigenvalue weighted by molar-refractivity contribution is -0.135. The molecule has 0 saturated heterocycles. The van der Waals surface area contributed by atoms with E-state index in [1.54, 1.807) is 21.3 Å². The van der Waals surface area contributed by atoms with Crippen LogP contribution in [0.4, 0.5) is 5.69 Å². The zero-order valence-corrected chi connectivity index (χ0v) is 29.3. The van der Waals surface area contributed by atoms with Crippen LogP contribution >= 0.6 is 0 Å². The Morgan fingerprint density at radius 3 is 1.39 bits per heavy atom. The highest BCUT2D eigenvalue weighted by atomic mass is 16.7. The van der Waals surface area contributed by atoms with Crippen LogP contribution in [0.1, 0.15) is 105 Å². The van der Waals surface area contributed by atoms with Gasteiger partial charge in [0.2, 0.25) is 0 Å². The molecule has 4 aliphatic carbocycles. The number of carbonyl (C=O) groups excluding carboxylic acids is 4. The van der Waals surface area contributed by atoms with Gasteiger partial charge >= 0.3 is 0 Å². The fourth-order valence-electron chi connectivity index (χ4n) is 6.45. The van der Waals surface area contributed by atoms with E-state index in [1.165, 1.54) is 0 Å². The minimum Gasteiger partial charge on any atom is -0.374 e. The summed E-state index contributed by atoms with van der Waals surface area (Å²) in [5.41, 5.74) is 3.74. The van der Waals surface area contributed by atoms with Crippen molar-refractivity contribution in [2.75, 3.05) is 26.8 Å². The number of Topliss-reactive ketones (excluding diaryl/α,β-unsaturated/α-hetero) is 4. The zero-order chi connectivity index (χ0) is 34.1. The SMILES string of the molecule is CO[C@@H]1CC[C@@H](C)CC1=O.CO[C@@H]1CC[C@H](C)CC1=O.CO[C@H]1C(=O)CCC[C@@H]1C.C[C@@H]1CCCC(=O)[C@@H]1ONc1ccccc1. The Kier molecular flexibility index (Phi) is 18.5. The molecular weight excluding hydrogens is 586 g/mol. The van der Waals surface area contributed by atoms with Crippen molar-refractivity contribution in [2.45, 2.75) is 129 Å². The van der Waals surface area contributed by atoms with Gasteiger partial charge in [0, 0.05) is 47.0 Å². The lowest BCUT2D eigenvalue weighted by Gasteiger charge is -2.27. The Bertz CT molecular complexity index is 1030. The fourth-order valence-corrected chi connectivity index (χ4v) is 6.45. The molecule has 4 saturated carbocycles. The van der Waals surface area contributed by atoms with E-state index in [0.717, 1.165) is 57.1 Å². The quantitative estimate of drug-likeness (QED) is 0.328. The Labute approximate surface area is 276 Å². The summed E-state index contributed by atoms with van der Waals surface area (Å²) in [6.07, 6.45) is 10.5. The van der Waals surface area contributed by atoms with E-state index in [9.17, 15) is 19.2 Å². The first-order valence-corrected chi connectivity index (χ1v) is 17.2. The van der Waals surface area contributed by atoms with Gasteiger partial charge in [0.25, 0.3) is 0 Å². The molecule has 0 aromatic heterocycles. The third kappa shape index (κ3) is 13.7. The number of benzene rings is 1. The van der Waals surface area contributed by atoms with Gasteiger partial charge in [-0.25, -0.2) is 0 Å². The molecule has 0 bridgehead atoms. The Balaban J connectivity index is 0.000000219. The molecule has 0 heterocycles. The van der Waals surface area contributed by atoms with Gasteiger partial charge in [-0.2, -0.15) is 0 Å². The zero-order valence-electron chi connectivity index (χ0n) is 29.3. The predicted molar refractivity (Wildman–Crippen MR) is 179 cm³/mol. The molecule has 1 aromatic rings. The van der Waals surface area contributed by atoms with E-state index >= 15 is 0 Å². The van der Waals surface area contributed by atoms with Crippen molar-refractivity contribution in [1.82, 2.24) is 0 Å². The van der Waals surface area contributed by atoms with Crippen LogP contribution in [0, 0.1) is 23.7 Å². The van der Waals surface area contributed by atoms with E-state index in [2.05, 4.69) is 33.2 Å². The van der Waals surface area contributed by atoms with E-state index in [-0.39, 0.29) is 47.5 Å². The summed E-state index contributed by atoms with van der Waals surface area (Å²) in [6, 6.07) is 9.63. The van der Waals surface area contributed by atoms with Crippen LogP contribution in [-0.4, -0.2) is 68.9 Å². The molecule has 4 aliphatic rings. The largest absolute Gasteiger partial charge is 0.374 e. The highest BCUT2D eigenvalue weighted by molar-refractivity contribution is 5.85. The number of hydrogen-bond acceptors (Lipinski definition) is 9. The molecule has 46 heavy (non-hydrogen) atoms. The van der Waals surface area contributed by atoms with E-state index in [4.69, 9.17) is 19.0 Å². The van der Waals surface area contributed by atoms with Crippen LogP contribution in [0.3, 0.4) is 0 Å². The Morgan fingerprint density at radius 2 is 1.02 bits per heavy atom. The van der Waals surface area contributed by atoms with E-state index in [0.29, 0.717) is 49.4 Å². The van der Waals surface area contributed by atoms with Gasteiger partial charge in [-0.05, 0) is 87.2 Å². The lowest BCUT2D eigenvalue weighted by Crippen LogP contribution is -2.36. The average Bonchev–Trinajstić information content (AvgIpc) is 3.03. The van der Waals surface area contributed by atoms with Crippen LogP contribution < -0.4 is 5.48 Å². The molecule has 4 fully saturated rings. The summed E-state index contributed by atoms with van der Waals surface area (Å²) in [6.45, 7) is 8.37. The number of para-hydroxylation sites is 1. The number of rotatable bonds is 6. The molecule has 260 valence electrons. The number of anilines is 1. The normalized spacial score (nSPS) is 31.3. The van der Waals surface area contributed by atoms with Gasteiger partial charge in [0.05, 0.1) is 5.69 Å². The molecule has 5 rings (SSSR count). The van der Waals surface area contributed by atoms with Crippen LogP contribution in [0.25, 0.3) is 0 Å². The second-order valence-corrected chi connectivity index (χ2v) is 13.5. The van der Waals surface area contributed by atoms with Crippen molar-refractivity contribution in [1.29, 1.82) is 0 Å². The smallest absolute Gasteiger partial charge is 0.164 e. The van der Waals surface area contributed by atoms with Crippen LogP contribution in [0.5, 0.6) is 0 Å². The van der Waals surface area contributed by atoms with Crippen LogP contribution in [0.15, 0.2) is 30.3 Å². The average molecular weight is 646 g/mol. The first-order valence-electron chi connectivity index (χ1n) is 17.2. The van der Waals surface area contributed by atoms with Crippen molar-refractivity contribution in [3.8, 4) is 0 Å². The number of nitrogens with one attached hydrogen (secondary N) is 1. The molecule has 1 aromatic carbocycles. The topological polar surface area (TPSA) is 117 Å². The van der Waals surface area contributed by atoms with Gasteiger partial charge in [0.15, 0.2) is 23.1 Å². The van der Waals surface area contributed by atoms with Crippen molar-refractivity contribution in [3.63, 3.8) is 0 Å². The fraction of sp³-hybridized carbons (Fsp3) is 0.730. The summed E-state index contributed by atoms with van der Waals surface area (Å²) < 4.78 is 15.1. The maximum Gasteiger partial charge on any atom is 0.164 e. The Morgan fingerprint density at radius 1 is 0.565 bits per heavy atom. The first kappa shape index (κ1) is 39.7. The van der Waals surface area contributed by atoms with Crippen molar-refractivity contribution >= 4 is 28.8 Å². The molecular formula is C37H59NO8. The molecule has 0 spiro atoms. The minimum absolute atomic E-state index is 0.101. The molecule has 0 radical (unpaired) electrons. The second kappa shape index (κ2) is 21.4. The van der Waals surface area contributed by atoms with Gasteiger partial charge in [-0.1, -0.05) is 45.9 Å². The third-order valence-corrected chi connectivity index (χ3v) is 9.39. The third-order valence-electron chi connectivity index (χ3n) is 9.39. The number of ketones is 4. The highest BCUT2D eigenvalue weighted by Gasteiger charge is 2.30. The van der Waals surface area contributed by atoms with Gasteiger partial charge < -0.3 is 14.2 Å². The lowest BCUT2D eigenvalue weighted by atomic mass is 9.87. The summed E-state index contributed by atoms with van der Waals surface area (Å²) in [7, 11) is 4.83. The van der Waals surface area contributed by atoms with Crippen LogP contribution in [-0.2, 0) is 38.2 Å². The second-order valence-electron chi connectivity index (χ2n) is 13.5. The predicted octanol–water partition coefficient (Wildman–Crippen LogP) is 6.96. The summed E-state index contributed by atoms with van der Waals surface area (Å²) in [5.74, 6) is 2.91. The maximum atomic E-state index is 11.7. The number of methoxy groups -OCH3 is 3. The monoisotopic (exact) mass is 645 g/mol. The van der Waals surface area contributed by atoms with Gasteiger partial charge in [-0.15, -0.1) is 0 Å². The standard InChI is InChI=1S/C13H17NO2.3C8H14O2/c1-10-6-5-9-12(15)13(10)16-14-11-7-3-2-4-8-11;2*1-6-3-4-8(10-2)7(9)5-6;1-6-4-3-5-7(9)8(6)10-2/h2-4,7-8,10,13-14H,5-6,9H2,1H3;3*6,8H,3-5H2,1-2H3/t10-,13-;6-,8+;6-,8-;6-,8+/m1010/s1. The van der Waals surface area contributed by atoms with E-state index < -0.39 is 0 Å². The van der Waals surface area contributed by atoms with Crippen molar-refractivity contribution in [2.24, 2.45) is 23.7 Å². The molecule has 8 atom stereocenters. The highest BCUT2D eigenvalue weighted by Crippen LogP contribution is 2.25. The molecule has 1 N–H and O–H groups in total. The minimum atomic E-state index is -0.297. The number of carbonyl (C=O) groups is 4. The number of ether oxygens (including phenoxy) is 3. The molecule has 0 amide bonds. The van der Waals surface area contributed by atoms with Crippen molar-refractivity contribution in [3.05, 3.63) is 30.3 Å². The van der Waals surface area contributed by atoms with Crippen molar-refractivity contribution < 1.29 is 38.2 Å². The maximum absolute atomic E-state index is 11.7. The van der Waals surface area contributed by atoms with Crippen LogP contribution in [0.2, 0.25) is 0 Å². The summed E-state index contributed by atoms with van der Waals surface area (Å²) >= 11 is 0. The Hall–Kier alpha value is -2.46. The van der Waals surface area contributed by atoms with Gasteiger partial charge in [0.1, 0.15) is 24.4 Å². The molecule has 9 nitrogen and oxygen atoms in total. The summed E-state index contributed by atoms with van der Waals surface area (Å²) in [5, 5.41) is 0. The molecule has 0 unspecified atom stereocenters.